The normalized spacial score (nSPS) is 15.0. The van der Waals surface area contributed by atoms with Gasteiger partial charge in [-0.3, -0.25) is 4.79 Å². The number of halogens is 2. The Balaban J connectivity index is 1.44. The summed E-state index contributed by atoms with van der Waals surface area (Å²) in [4.78, 5) is 15.0. The van der Waals surface area contributed by atoms with E-state index in [1.54, 1.807) is 12.1 Å². The van der Waals surface area contributed by atoms with E-state index in [1.807, 2.05) is 12.1 Å². The largest absolute Gasteiger partial charge is 0.493 e. The number of carbonyl (C=O) groups is 1. The lowest BCUT2D eigenvalue weighted by atomic mass is 10.1. The second kappa shape index (κ2) is 9.30. The first-order valence-corrected chi connectivity index (χ1v) is 10.3. The number of ether oxygens (including phenoxy) is 2. The quantitative estimate of drug-likeness (QED) is 0.545. The van der Waals surface area contributed by atoms with Crippen LogP contribution in [0.2, 0.25) is 0 Å². The summed E-state index contributed by atoms with van der Waals surface area (Å²) >= 11 is 0. The van der Waals surface area contributed by atoms with E-state index in [9.17, 15) is 13.6 Å². The van der Waals surface area contributed by atoms with Gasteiger partial charge in [-0.1, -0.05) is 24.3 Å². The Labute approximate surface area is 184 Å². The zero-order valence-electron chi connectivity index (χ0n) is 17.8. The van der Waals surface area contributed by atoms with Crippen molar-refractivity contribution in [1.29, 1.82) is 0 Å². The summed E-state index contributed by atoms with van der Waals surface area (Å²) in [6.07, 6.45) is 2.44. The van der Waals surface area contributed by atoms with Gasteiger partial charge in [0.05, 0.1) is 25.5 Å². The molecular formula is C24H24F2N2O4. The van der Waals surface area contributed by atoms with Gasteiger partial charge in [0.15, 0.2) is 11.5 Å². The fraction of sp³-hybridized carbons (Fsp3) is 0.292. The Morgan fingerprint density at radius 3 is 2.81 bits per heavy atom. The molecule has 0 saturated carbocycles. The molecule has 3 aromatic rings. The van der Waals surface area contributed by atoms with Crippen LogP contribution < -0.4 is 19.7 Å². The minimum absolute atomic E-state index is 0.0834. The number of fused-ring (bicyclic) bond motifs is 1. The first-order chi connectivity index (χ1) is 15.5. The Kier molecular flexibility index (Phi) is 6.30. The van der Waals surface area contributed by atoms with E-state index < -0.39 is 6.61 Å². The summed E-state index contributed by atoms with van der Waals surface area (Å²) < 4.78 is 40.4. The van der Waals surface area contributed by atoms with E-state index in [4.69, 9.17) is 9.15 Å². The Morgan fingerprint density at radius 1 is 1.22 bits per heavy atom. The van der Waals surface area contributed by atoms with Crippen molar-refractivity contribution >= 4 is 11.6 Å². The van der Waals surface area contributed by atoms with Crippen LogP contribution in [-0.4, -0.2) is 25.7 Å². The van der Waals surface area contributed by atoms with Crippen LogP contribution in [-0.2, 0) is 19.5 Å². The molecule has 0 saturated heterocycles. The van der Waals surface area contributed by atoms with E-state index in [-0.39, 0.29) is 24.0 Å². The smallest absolute Gasteiger partial charge is 0.387 e. The minimum atomic E-state index is -2.97. The average Bonchev–Trinajstić information content (AvgIpc) is 3.36. The highest BCUT2D eigenvalue weighted by atomic mass is 19.3. The number of amides is 1. The zero-order chi connectivity index (χ0) is 22.7. The topological polar surface area (TPSA) is 63.9 Å². The number of para-hydroxylation sites is 1. The highest BCUT2D eigenvalue weighted by Gasteiger charge is 2.28. The maximum atomic E-state index is 12.8. The van der Waals surface area contributed by atoms with Gasteiger partial charge in [0.25, 0.3) is 5.91 Å². The summed E-state index contributed by atoms with van der Waals surface area (Å²) in [5.74, 6) is 0.376. The second-order valence-electron chi connectivity index (χ2n) is 7.61. The van der Waals surface area contributed by atoms with Crippen LogP contribution >= 0.6 is 0 Å². The van der Waals surface area contributed by atoms with Crippen molar-refractivity contribution in [3.8, 4) is 11.5 Å². The Bertz CT molecular complexity index is 1100. The summed E-state index contributed by atoms with van der Waals surface area (Å²) in [5.41, 5.74) is 3.47. The molecule has 1 amide bonds. The molecule has 1 unspecified atom stereocenters. The van der Waals surface area contributed by atoms with Crippen LogP contribution in [0.25, 0.3) is 0 Å². The van der Waals surface area contributed by atoms with Crippen LogP contribution in [0, 0.1) is 0 Å². The third-order valence-electron chi connectivity index (χ3n) is 5.55. The summed E-state index contributed by atoms with van der Waals surface area (Å²) in [5, 5.41) is 2.81. The van der Waals surface area contributed by atoms with Crippen molar-refractivity contribution in [1.82, 2.24) is 5.32 Å². The highest BCUT2D eigenvalue weighted by Crippen LogP contribution is 2.34. The monoisotopic (exact) mass is 442 g/mol. The number of anilines is 1. The van der Waals surface area contributed by atoms with E-state index in [2.05, 4.69) is 34.0 Å². The lowest BCUT2D eigenvalue weighted by molar-refractivity contribution is -0.0512. The number of carbonyl (C=O) groups excluding carboxylic acids is 1. The third kappa shape index (κ3) is 4.54. The number of benzene rings is 2. The van der Waals surface area contributed by atoms with Gasteiger partial charge in [0.2, 0.25) is 0 Å². The maximum absolute atomic E-state index is 12.8. The van der Waals surface area contributed by atoms with Gasteiger partial charge in [-0.25, -0.2) is 0 Å². The van der Waals surface area contributed by atoms with E-state index in [1.165, 1.54) is 31.1 Å². The molecule has 1 aromatic heterocycles. The molecule has 1 atom stereocenters. The fourth-order valence-electron chi connectivity index (χ4n) is 3.99. The molecule has 0 bridgehead atoms. The lowest BCUT2D eigenvalue weighted by Gasteiger charge is -2.24. The zero-order valence-corrected chi connectivity index (χ0v) is 17.8. The van der Waals surface area contributed by atoms with Gasteiger partial charge >= 0.3 is 6.61 Å². The number of nitrogens with zero attached hydrogens (tertiary/aromatic N) is 1. The molecule has 0 aliphatic carbocycles. The molecule has 0 radical (unpaired) electrons. The standard InChI is InChI=1S/C24H24F2N2O4/c1-15-11-17-5-3-4-6-19(17)28(15)14-22-18(9-10-31-22)23(29)27-13-16-7-8-20(30-2)21(12-16)32-24(25)26/h3-10,12,15,24H,11,13-14H2,1-2H3,(H,27,29). The van der Waals surface area contributed by atoms with Crippen molar-refractivity contribution in [2.24, 2.45) is 0 Å². The Morgan fingerprint density at radius 2 is 2.03 bits per heavy atom. The summed E-state index contributed by atoms with van der Waals surface area (Å²) in [6.45, 7) is -0.218. The molecular weight excluding hydrogens is 418 g/mol. The number of nitrogens with one attached hydrogen (secondary N) is 1. The highest BCUT2D eigenvalue weighted by molar-refractivity contribution is 5.95. The molecule has 32 heavy (non-hydrogen) atoms. The molecule has 1 aliphatic rings. The van der Waals surface area contributed by atoms with Crippen LogP contribution in [0.3, 0.4) is 0 Å². The van der Waals surface area contributed by atoms with Crippen molar-refractivity contribution in [3.63, 3.8) is 0 Å². The van der Waals surface area contributed by atoms with Crippen LogP contribution in [0.4, 0.5) is 14.5 Å². The number of alkyl halides is 2. The lowest BCUT2D eigenvalue weighted by Crippen LogP contribution is -2.30. The molecule has 4 rings (SSSR count). The number of hydrogen-bond acceptors (Lipinski definition) is 5. The van der Waals surface area contributed by atoms with Gasteiger partial charge in [-0.15, -0.1) is 0 Å². The number of methoxy groups -OCH3 is 1. The molecule has 2 heterocycles. The summed E-state index contributed by atoms with van der Waals surface area (Å²) in [7, 11) is 1.37. The molecule has 0 spiro atoms. The first kappa shape index (κ1) is 21.7. The van der Waals surface area contributed by atoms with Gasteiger partial charge in [-0.05, 0) is 48.7 Å². The number of hydrogen-bond donors (Lipinski definition) is 1. The van der Waals surface area contributed by atoms with Crippen molar-refractivity contribution in [2.75, 3.05) is 12.0 Å². The molecule has 168 valence electrons. The van der Waals surface area contributed by atoms with Gasteiger partial charge in [0, 0.05) is 18.3 Å². The second-order valence-corrected chi connectivity index (χ2v) is 7.61. The summed E-state index contributed by atoms with van der Waals surface area (Å²) in [6, 6.07) is 14.8. The molecule has 6 nitrogen and oxygen atoms in total. The first-order valence-electron chi connectivity index (χ1n) is 10.3. The Hall–Kier alpha value is -3.55. The number of furan rings is 1. The number of rotatable bonds is 8. The van der Waals surface area contributed by atoms with Gasteiger partial charge in [-0.2, -0.15) is 8.78 Å². The van der Waals surface area contributed by atoms with Gasteiger partial charge < -0.3 is 24.1 Å². The van der Waals surface area contributed by atoms with E-state index in [0.29, 0.717) is 29.5 Å². The van der Waals surface area contributed by atoms with Crippen molar-refractivity contribution < 1.29 is 27.5 Å². The minimum Gasteiger partial charge on any atom is -0.493 e. The molecule has 0 fully saturated rings. The third-order valence-corrected chi connectivity index (χ3v) is 5.55. The maximum Gasteiger partial charge on any atom is 0.387 e. The SMILES string of the molecule is COc1ccc(CNC(=O)c2ccoc2CN2c3ccccc3CC2C)cc1OC(F)F. The predicted molar refractivity (Wildman–Crippen MR) is 115 cm³/mol. The van der Waals surface area contributed by atoms with Crippen LogP contribution in [0.1, 0.15) is 34.2 Å². The molecule has 1 aliphatic heterocycles. The van der Waals surface area contributed by atoms with Crippen LogP contribution in [0.5, 0.6) is 11.5 Å². The van der Waals surface area contributed by atoms with E-state index in [0.717, 1.165) is 12.1 Å². The predicted octanol–water partition coefficient (Wildman–Crippen LogP) is 4.77. The van der Waals surface area contributed by atoms with E-state index >= 15 is 0 Å². The average molecular weight is 442 g/mol. The van der Waals surface area contributed by atoms with Gasteiger partial charge in [0.1, 0.15) is 5.76 Å². The van der Waals surface area contributed by atoms with Crippen LogP contribution in [0.15, 0.2) is 59.2 Å². The molecule has 8 heteroatoms. The van der Waals surface area contributed by atoms with Crippen molar-refractivity contribution in [2.45, 2.75) is 39.1 Å². The van der Waals surface area contributed by atoms with Crippen molar-refractivity contribution in [3.05, 3.63) is 77.2 Å². The molecule has 2 aromatic carbocycles. The molecule has 1 N–H and O–H groups in total. The fourth-order valence-corrected chi connectivity index (χ4v) is 3.99.